The number of rotatable bonds is 16. The highest BCUT2D eigenvalue weighted by Gasteiger charge is 2.45. The van der Waals surface area contributed by atoms with Gasteiger partial charge in [-0.3, -0.25) is 9.13 Å². The van der Waals surface area contributed by atoms with E-state index >= 15 is 0 Å². The van der Waals surface area contributed by atoms with Crippen LogP contribution in [0, 0.1) is 0 Å². The molecule has 0 bridgehead atoms. The van der Waals surface area contributed by atoms with E-state index in [0.29, 0.717) is 11.0 Å². The molecule has 6 nitrogen and oxygen atoms in total. The Balaban J connectivity index is 1.03. The fraction of sp³-hybridized carbons (Fsp3) is 0. The Morgan fingerprint density at radius 1 is 0.213 bits per heavy atom. The first kappa shape index (κ1) is 50.1. The normalized spacial score (nSPS) is 14.0. The Morgan fingerprint density at radius 2 is 0.528 bits per heavy atom. The fourth-order valence-electron chi connectivity index (χ4n) is 16.9. The van der Waals surface area contributed by atoms with Crippen molar-refractivity contribution in [3.63, 3.8) is 0 Å². The molecule has 20 aromatic rings. The topological polar surface area (TPSA) is 53.5 Å². The first-order chi connectivity index (χ1) is 59.8. The number of nitrogens with zero attached hydrogens (tertiary/aromatic N) is 6. The molecule has 0 fully saturated rings. The van der Waals surface area contributed by atoms with Crippen LogP contribution < -0.4 is 62.2 Å². The maximum Gasteiger partial charge on any atom is 0.240 e. The Kier molecular flexibility index (Phi) is 12.3. The second-order valence-corrected chi connectivity index (χ2v) is 38.3. The van der Waals surface area contributed by atoms with Gasteiger partial charge in [-0.15, -0.1) is 0 Å². The molecule has 0 N–H and O–H groups in total. The van der Waals surface area contributed by atoms with E-state index in [4.69, 9.17) is 15.0 Å². The van der Waals surface area contributed by atoms with Crippen molar-refractivity contribution in [3.8, 4) is 29.0 Å². The van der Waals surface area contributed by atoms with Gasteiger partial charge in [0.1, 0.15) is 0 Å². The lowest BCUT2D eigenvalue weighted by Gasteiger charge is -2.35. The summed E-state index contributed by atoms with van der Waals surface area (Å²) < 4.78 is 155. The SMILES string of the molecule is [2H]c1c([2H])c([2H])c2c(c1[2H])c1c([2H])c([2H])c([Si](c3ccccc3)(c3ccccc3)c3ccccc3)c([2H])c1n2-c1nc(-c2cc([Si](c3ccccc3)(c3ccccc3)c3ccccc3)ccc2-n2c3c([2H])c([2H])c([2H])c([2H])c3c3c([2H])c([2H])c([2H])c([2H])c32)nc(-n2c3ccccc3c3ccc([Si](c4ccccc4)(c4ccccc4)c4ccccc4)cc32)n1. The third kappa shape index (κ3) is 10.1. The lowest BCUT2D eigenvalue weighted by Crippen LogP contribution is -2.74. The van der Waals surface area contributed by atoms with Gasteiger partial charge in [-0.05, 0) is 111 Å². The lowest BCUT2D eigenvalue weighted by molar-refractivity contribution is 0.892. The number of aromatic nitrogens is 6. The summed E-state index contributed by atoms with van der Waals surface area (Å²) in [6.07, 6.45) is 0. The van der Waals surface area contributed by atoms with Crippen LogP contribution in [0.5, 0.6) is 0 Å². The first-order valence-electron chi connectivity index (χ1n) is 43.4. The molecule has 0 saturated heterocycles. The van der Waals surface area contributed by atoms with E-state index in [1.54, 1.807) is 6.07 Å². The summed E-state index contributed by atoms with van der Waals surface area (Å²) in [5.41, 5.74) is 0.679. The molecule has 0 radical (unpaired) electrons. The Bertz CT molecular complexity index is 7310. The number of fused-ring (bicyclic) bond motifs is 9. The van der Waals surface area contributed by atoms with Gasteiger partial charge < -0.3 is 4.57 Å². The van der Waals surface area contributed by atoms with Crippen LogP contribution in [0.2, 0.25) is 0 Å². The Labute approximate surface area is 650 Å². The summed E-state index contributed by atoms with van der Waals surface area (Å²) in [6, 6.07) is 103. The van der Waals surface area contributed by atoms with E-state index in [0.717, 1.165) is 67.8 Å². The second kappa shape index (κ2) is 26.6. The third-order valence-corrected chi connectivity index (χ3v) is 35.6. The first-order valence-corrected chi connectivity index (χ1v) is 41.9. The summed E-state index contributed by atoms with van der Waals surface area (Å²) in [4.78, 5) is 17.4. The van der Waals surface area contributed by atoms with Gasteiger partial charge in [0.25, 0.3) is 0 Å². The van der Waals surface area contributed by atoms with Gasteiger partial charge in [-0.1, -0.05) is 376 Å². The highest BCUT2D eigenvalue weighted by atomic mass is 28.3. The molecular weight excluding hydrogens is 1360 g/mol. The number of hydrogen-bond acceptors (Lipinski definition) is 3. The molecule has 0 atom stereocenters. The van der Waals surface area contributed by atoms with Crippen LogP contribution in [0.1, 0.15) is 20.6 Å². The molecule has 4 aromatic heterocycles. The molecule has 508 valence electrons. The third-order valence-electron chi connectivity index (χ3n) is 21.5. The van der Waals surface area contributed by atoms with Crippen molar-refractivity contribution >= 4 is 152 Å². The predicted octanol–water partition coefficient (Wildman–Crippen LogP) is 15.0. The molecule has 0 aliphatic carbocycles. The van der Waals surface area contributed by atoms with Crippen molar-refractivity contribution in [3.05, 3.63) is 424 Å². The minimum absolute atomic E-state index is 0.0720. The molecular formula is C99H70N6Si3. The monoisotopic (exact) mass is 1440 g/mol. The molecule has 0 aliphatic heterocycles. The molecule has 4 heterocycles. The van der Waals surface area contributed by atoms with Gasteiger partial charge in [0.15, 0.2) is 30.0 Å². The van der Waals surface area contributed by atoms with E-state index in [1.807, 2.05) is 205 Å². The zero-order valence-electron chi connectivity index (χ0n) is 72.9. The fourth-order valence-corrected chi connectivity index (χ4v) is 31.0. The number of benzene rings is 16. The van der Waals surface area contributed by atoms with Gasteiger partial charge >= 0.3 is 0 Å². The van der Waals surface area contributed by atoms with Gasteiger partial charge in [-0.2, -0.15) is 15.0 Å². The quantitative estimate of drug-likeness (QED) is 0.0716. The maximum atomic E-state index is 11.5. The Hall–Kier alpha value is -13.4. The maximum absolute atomic E-state index is 11.5. The molecule has 20 rings (SSSR count). The van der Waals surface area contributed by atoms with Crippen LogP contribution >= 0.6 is 0 Å². The molecule has 0 aliphatic rings. The van der Waals surface area contributed by atoms with E-state index in [9.17, 15) is 20.6 Å². The minimum atomic E-state index is -4.09. The number of hydrogen-bond donors (Lipinski definition) is 0. The van der Waals surface area contributed by atoms with Crippen LogP contribution in [0.15, 0.2) is 424 Å². The van der Waals surface area contributed by atoms with Crippen LogP contribution in [-0.4, -0.2) is 52.9 Å². The van der Waals surface area contributed by atoms with Crippen LogP contribution in [-0.2, 0) is 0 Å². The van der Waals surface area contributed by atoms with Crippen molar-refractivity contribution in [2.45, 2.75) is 0 Å². The second-order valence-electron chi connectivity index (χ2n) is 26.9. The molecule has 108 heavy (non-hydrogen) atoms. The summed E-state index contributed by atoms with van der Waals surface area (Å²) in [6.45, 7) is 0. The summed E-state index contributed by atoms with van der Waals surface area (Å²) >= 11 is 0. The predicted molar refractivity (Wildman–Crippen MR) is 459 cm³/mol. The summed E-state index contributed by atoms with van der Waals surface area (Å²) in [7, 11) is -11.3. The minimum Gasteiger partial charge on any atom is -0.309 e. The molecule has 9 heteroatoms. The van der Waals surface area contributed by atoms with Crippen molar-refractivity contribution in [1.82, 2.24) is 28.7 Å². The van der Waals surface area contributed by atoms with E-state index < -0.39 is 103 Å². The summed E-state index contributed by atoms with van der Waals surface area (Å²) in [5.74, 6) is -0.569. The molecule has 0 spiro atoms. The lowest BCUT2D eigenvalue weighted by atomic mass is 10.1. The molecule has 16 aromatic carbocycles. The Morgan fingerprint density at radius 3 is 0.935 bits per heavy atom. The zero-order valence-corrected chi connectivity index (χ0v) is 60.9. The molecule has 0 amide bonds. The van der Waals surface area contributed by atoms with Crippen LogP contribution in [0.25, 0.3) is 94.4 Å². The average molecular weight is 1440 g/mol. The van der Waals surface area contributed by atoms with Crippen molar-refractivity contribution < 1.29 is 20.6 Å². The highest BCUT2D eigenvalue weighted by Crippen LogP contribution is 2.39. The van der Waals surface area contributed by atoms with Gasteiger partial charge in [-0.25, -0.2) is 0 Å². The largest absolute Gasteiger partial charge is 0.309 e. The smallest absolute Gasteiger partial charge is 0.240 e. The summed E-state index contributed by atoms with van der Waals surface area (Å²) in [5, 5.41) is 11.1. The van der Waals surface area contributed by atoms with Gasteiger partial charge in [0.2, 0.25) is 11.9 Å². The molecule has 0 saturated carbocycles. The standard InChI is InChI=1S/C99H70N6Si3/c1-10-36-71(37-11-1)106(72-38-12-2-13-39-72,73-40-14-3-15-41-73)80-64-67-94(103-90-58-32-28-54-83(90)84-55-29-33-59-91(84)103)89(68-80)97-100-98(104-92-60-34-30-56-85(92)87-65-62-81(69-95(87)104)107(74-42-16-4-17-43-74,75-44-18-5-19-45-75)76-46-20-6-21-47-76)102-99(101-97)105-93-61-35-31-57-86(93)88-66-63-82(70-96(88)105)108(77-48-22-7-23-49-77,78-50-24-8-25-51-78)79-52-26-9-27-53-79/h1-70H/i28D,29D,30D,32D,33D,34D,54D,55D,56D,58D,59D,60D,62D,65D,69D. The number of para-hydroxylation sites is 4. The van der Waals surface area contributed by atoms with Crippen molar-refractivity contribution in [2.75, 3.05) is 0 Å². The molecule has 0 unspecified atom stereocenters. The van der Waals surface area contributed by atoms with Crippen LogP contribution in [0.3, 0.4) is 0 Å². The van der Waals surface area contributed by atoms with Crippen LogP contribution in [0.4, 0.5) is 0 Å². The van der Waals surface area contributed by atoms with Crippen molar-refractivity contribution in [1.29, 1.82) is 0 Å². The van der Waals surface area contributed by atoms with Gasteiger partial charge in [0.05, 0.1) is 59.3 Å². The van der Waals surface area contributed by atoms with Crippen molar-refractivity contribution in [2.24, 2.45) is 0 Å². The highest BCUT2D eigenvalue weighted by molar-refractivity contribution is 7.21. The van der Waals surface area contributed by atoms with E-state index in [2.05, 4.69) is 127 Å². The van der Waals surface area contributed by atoms with E-state index in [1.165, 1.54) is 9.13 Å². The van der Waals surface area contributed by atoms with Gasteiger partial charge in [0, 0.05) is 37.9 Å². The zero-order chi connectivity index (χ0) is 84.6. The average Bonchev–Trinajstić information content (AvgIpc) is 1.57. The van der Waals surface area contributed by atoms with E-state index in [-0.39, 0.29) is 89.9 Å².